The van der Waals surface area contributed by atoms with E-state index >= 15 is 0 Å². The molecule has 2 aromatic heterocycles. The van der Waals surface area contributed by atoms with Crippen LogP contribution >= 0.6 is 0 Å². The number of aromatic nitrogens is 2. The van der Waals surface area contributed by atoms with Gasteiger partial charge in [0.05, 0.1) is 24.7 Å². The molecule has 4 rings (SSSR count). The van der Waals surface area contributed by atoms with Crippen molar-refractivity contribution in [2.24, 2.45) is 10.8 Å². The first-order valence-corrected chi connectivity index (χ1v) is 18.4. The molecule has 0 amide bonds. The Morgan fingerprint density at radius 2 is 1.31 bits per heavy atom. The second-order valence-electron chi connectivity index (χ2n) is 14.5. The zero-order valence-electron chi connectivity index (χ0n) is 32.6. The average Bonchev–Trinajstić information content (AvgIpc) is 3.47. The fourth-order valence-electron chi connectivity index (χ4n) is 5.68. The lowest BCUT2D eigenvalue weighted by atomic mass is 9.79. The number of aliphatic hydroxyl groups excluding tert-OH is 2. The fraction of sp³-hybridized carbons (Fsp3) is 0.442. The molecule has 0 saturated carbocycles. The molecule has 7 atom stereocenters. The molecule has 0 aromatic carbocycles. The van der Waals surface area contributed by atoms with Crippen LogP contribution in [0.25, 0.3) is 6.08 Å². The Bertz CT molecular complexity index is 1800. The Hall–Kier alpha value is -4.88. The van der Waals surface area contributed by atoms with Gasteiger partial charge < -0.3 is 38.0 Å². The number of esters is 2. The summed E-state index contributed by atoms with van der Waals surface area (Å²) < 4.78 is 34.3. The van der Waals surface area contributed by atoms with Gasteiger partial charge in [0.1, 0.15) is 36.9 Å². The van der Waals surface area contributed by atoms with Gasteiger partial charge in [0.2, 0.25) is 5.89 Å². The number of carbonyl (C=O) groups is 2. The molecule has 12 heteroatoms. The maximum atomic E-state index is 13.3. The standard InChI is InChI=1S/C43H54N2O10/c1-8-18-34(46)42(3,4)36-23-14-12-10-11-13-20-29(50-7)26-39-45-31(28-52-39)41(49)55-37(43(5,6)35(47)19-9-2)24-17-22-33-32(53-33)21-15-16-25-38-44-30(27-51-38)40(48)54-36/h8-22,25,27-29,32-37,46-47H,23-24,26H2,1-7H3/b11-10-,14-12-,18-8+,19-9+,20-13+,21-15+,22-17-,25-16-/t29-,32-,33+,34-,35-,36-,37-/m0/s1. The predicted molar refractivity (Wildman–Crippen MR) is 208 cm³/mol. The first-order valence-electron chi connectivity index (χ1n) is 18.4. The molecule has 2 N–H and O–H groups in total. The predicted octanol–water partition coefficient (Wildman–Crippen LogP) is 7.25. The lowest BCUT2D eigenvalue weighted by molar-refractivity contribution is -0.0461. The number of epoxide rings is 1. The number of fused-ring (bicyclic) bond motifs is 5. The smallest absolute Gasteiger partial charge is 0.360 e. The van der Waals surface area contributed by atoms with Crippen LogP contribution in [-0.4, -0.2) is 82.0 Å². The summed E-state index contributed by atoms with van der Waals surface area (Å²) >= 11 is 0. The summed E-state index contributed by atoms with van der Waals surface area (Å²) in [5.41, 5.74) is -1.66. The summed E-state index contributed by atoms with van der Waals surface area (Å²) in [4.78, 5) is 35.2. The number of cyclic esters (lactones) is 2. The van der Waals surface area contributed by atoms with Gasteiger partial charge in [0.25, 0.3) is 0 Å². The van der Waals surface area contributed by atoms with Crippen molar-refractivity contribution in [3.8, 4) is 0 Å². The molecular formula is C43H54N2O10. The largest absolute Gasteiger partial charge is 0.457 e. The van der Waals surface area contributed by atoms with Crippen molar-refractivity contribution in [1.82, 2.24) is 9.97 Å². The van der Waals surface area contributed by atoms with Gasteiger partial charge in [0.15, 0.2) is 17.3 Å². The molecule has 2 aliphatic heterocycles. The van der Waals surface area contributed by atoms with E-state index in [1.54, 1.807) is 49.6 Å². The van der Waals surface area contributed by atoms with Crippen LogP contribution in [0.15, 0.2) is 113 Å². The first kappa shape index (κ1) is 42.9. The van der Waals surface area contributed by atoms with Gasteiger partial charge in [-0.3, -0.25) is 0 Å². The molecule has 4 bridgehead atoms. The van der Waals surface area contributed by atoms with Gasteiger partial charge >= 0.3 is 11.9 Å². The molecule has 0 radical (unpaired) electrons. The van der Waals surface area contributed by atoms with E-state index in [2.05, 4.69) is 9.97 Å². The van der Waals surface area contributed by atoms with Crippen molar-refractivity contribution < 1.29 is 47.6 Å². The number of ether oxygens (including phenoxy) is 4. The first-order chi connectivity index (χ1) is 26.3. The van der Waals surface area contributed by atoms with Crippen LogP contribution in [0.2, 0.25) is 0 Å². The summed E-state index contributed by atoms with van der Waals surface area (Å²) in [6, 6.07) is 0. The number of aliphatic hydroxyl groups is 2. The van der Waals surface area contributed by atoms with Gasteiger partial charge in [-0.2, -0.15) is 0 Å². The van der Waals surface area contributed by atoms with Gasteiger partial charge in [-0.1, -0.05) is 119 Å². The molecular weight excluding hydrogens is 704 g/mol. The number of oxazole rings is 2. The molecule has 0 unspecified atom stereocenters. The van der Waals surface area contributed by atoms with E-state index in [4.69, 9.17) is 27.8 Å². The zero-order chi connectivity index (χ0) is 40.0. The van der Waals surface area contributed by atoms with Crippen molar-refractivity contribution in [2.45, 2.75) is 104 Å². The second kappa shape index (κ2) is 20.2. The highest BCUT2D eigenvalue weighted by molar-refractivity contribution is 5.87. The lowest BCUT2D eigenvalue weighted by Crippen LogP contribution is -2.42. The maximum absolute atomic E-state index is 13.3. The van der Waals surface area contributed by atoms with Crippen LogP contribution in [0.4, 0.5) is 0 Å². The topological polar surface area (TPSA) is 167 Å². The third-order valence-electron chi connectivity index (χ3n) is 9.64. The average molecular weight is 759 g/mol. The minimum Gasteiger partial charge on any atom is -0.457 e. The Labute approximate surface area is 323 Å². The quantitative estimate of drug-likeness (QED) is 0.165. The van der Waals surface area contributed by atoms with Crippen molar-refractivity contribution in [3.63, 3.8) is 0 Å². The lowest BCUT2D eigenvalue weighted by Gasteiger charge is -2.36. The van der Waals surface area contributed by atoms with Gasteiger partial charge in [0, 0.05) is 36.9 Å². The van der Waals surface area contributed by atoms with Gasteiger partial charge in [-0.25, -0.2) is 19.6 Å². The molecule has 2 aromatic rings. The summed E-state index contributed by atoms with van der Waals surface area (Å²) in [6.45, 7) is 11.0. The van der Waals surface area contributed by atoms with Crippen molar-refractivity contribution in [3.05, 3.63) is 127 Å². The third-order valence-corrected chi connectivity index (χ3v) is 9.64. The summed E-state index contributed by atoms with van der Waals surface area (Å²) in [6.07, 6.45) is 28.0. The molecule has 0 spiro atoms. The SMILES string of the molecule is C/C=C/[C@H](O)C(C)(C)[C@@H]1C\C=C/C=C\C=C\[C@H](OC)Cc2nc(co2)C(=O)O[C@H](C(C)(C)[C@@H](O)/C=C/C)C/C=C\[C@H]2O[C@H]2/C=C/C=C\c2nc(co2)C(=O)O1. The monoisotopic (exact) mass is 758 g/mol. The summed E-state index contributed by atoms with van der Waals surface area (Å²) in [7, 11) is 1.56. The number of nitrogens with zero attached hydrogens (tertiary/aromatic N) is 2. The summed E-state index contributed by atoms with van der Waals surface area (Å²) in [5.74, 6) is -0.828. The molecule has 12 nitrogen and oxygen atoms in total. The molecule has 296 valence electrons. The zero-order valence-corrected chi connectivity index (χ0v) is 32.6. The van der Waals surface area contributed by atoms with Crippen LogP contribution in [0, 0.1) is 10.8 Å². The van der Waals surface area contributed by atoms with E-state index in [9.17, 15) is 19.8 Å². The Balaban J connectivity index is 1.58. The van der Waals surface area contributed by atoms with Gasteiger partial charge in [-0.05, 0) is 13.8 Å². The Morgan fingerprint density at radius 1 is 0.745 bits per heavy atom. The number of rotatable bonds is 7. The maximum Gasteiger partial charge on any atom is 0.360 e. The van der Waals surface area contributed by atoms with E-state index < -0.39 is 53.3 Å². The minimum atomic E-state index is -0.880. The van der Waals surface area contributed by atoms with Crippen LogP contribution in [-0.2, 0) is 25.4 Å². The number of methoxy groups -OCH3 is 1. The molecule has 55 heavy (non-hydrogen) atoms. The highest BCUT2D eigenvalue weighted by atomic mass is 16.6. The van der Waals surface area contributed by atoms with Crippen LogP contribution < -0.4 is 0 Å². The molecule has 1 saturated heterocycles. The van der Waals surface area contributed by atoms with E-state index in [0.29, 0.717) is 18.7 Å². The summed E-state index contributed by atoms with van der Waals surface area (Å²) in [5, 5.41) is 21.8. The van der Waals surface area contributed by atoms with Crippen LogP contribution in [0.1, 0.15) is 87.1 Å². The van der Waals surface area contributed by atoms with Crippen molar-refractivity contribution in [1.29, 1.82) is 0 Å². The molecule has 2 aliphatic rings. The fourth-order valence-corrected chi connectivity index (χ4v) is 5.68. The highest BCUT2D eigenvalue weighted by Crippen LogP contribution is 2.34. The van der Waals surface area contributed by atoms with E-state index in [1.807, 2.05) is 96.2 Å². The number of allylic oxidation sites excluding steroid dienone is 8. The van der Waals surface area contributed by atoms with Crippen molar-refractivity contribution in [2.75, 3.05) is 7.11 Å². The Kier molecular flexibility index (Phi) is 15.7. The molecule has 4 heterocycles. The van der Waals surface area contributed by atoms with E-state index in [1.165, 1.54) is 12.5 Å². The van der Waals surface area contributed by atoms with E-state index in [-0.39, 0.29) is 35.9 Å². The van der Waals surface area contributed by atoms with Crippen LogP contribution in [0.3, 0.4) is 0 Å². The Morgan fingerprint density at radius 3 is 1.95 bits per heavy atom. The van der Waals surface area contributed by atoms with Crippen LogP contribution in [0.5, 0.6) is 0 Å². The van der Waals surface area contributed by atoms with Gasteiger partial charge in [-0.15, -0.1) is 0 Å². The molecule has 1 fully saturated rings. The van der Waals surface area contributed by atoms with E-state index in [0.717, 1.165) is 0 Å². The highest BCUT2D eigenvalue weighted by Gasteiger charge is 2.40. The molecule has 0 aliphatic carbocycles. The second-order valence-corrected chi connectivity index (χ2v) is 14.5. The third kappa shape index (κ3) is 12.3. The number of hydrogen-bond donors (Lipinski definition) is 2. The number of carbonyl (C=O) groups excluding carboxylic acids is 2. The van der Waals surface area contributed by atoms with Crippen molar-refractivity contribution >= 4 is 18.0 Å². The number of hydrogen-bond acceptors (Lipinski definition) is 12. The minimum absolute atomic E-state index is 0.00780. The normalized spacial score (nSPS) is 28.3.